The Balaban J connectivity index is 1.90. The molecule has 0 aliphatic heterocycles. The van der Waals surface area contributed by atoms with Crippen LogP contribution in [0.25, 0.3) is 16.9 Å². The van der Waals surface area contributed by atoms with E-state index < -0.39 is 24.5 Å². The largest absolute Gasteiger partial charge is 0.431 e. The first-order valence-corrected chi connectivity index (χ1v) is 7.45. The van der Waals surface area contributed by atoms with E-state index in [-0.39, 0.29) is 11.4 Å². The first kappa shape index (κ1) is 18.1. The topological polar surface area (TPSA) is 61.5 Å². The van der Waals surface area contributed by atoms with Crippen LogP contribution in [0.4, 0.5) is 17.6 Å². The quantitative estimate of drug-likeness (QED) is 0.622. The maximum atomic E-state index is 13.6. The van der Waals surface area contributed by atoms with E-state index >= 15 is 0 Å². The number of ether oxygens (including phenoxy) is 2. The lowest BCUT2D eigenvalue weighted by atomic mass is 10.1. The van der Waals surface area contributed by atoms with Gasteiger partial charge in [-0.1, -0.05) is 0 Å². The van der Waals surface area contributed by atoms with Crippen LogP contribution in [0, 0.1) is 0 Å². The summed E-state index contributed by atoms with van der Waals surface area (Å²) >= 11 is 0. The highest BCUT2D eigenvalue weighted by molar-refractivity contribution is 5.60. The number of hydrogen-bond acceptors (Lipinski definition) is 5. The van der Waals surface area contributed by atoms with E-state index in [9.17, 15) is 17.6 Å². The van der Waals surface area contributed by atoms with Crippen molar-refractivity contribution in [3.8, 4) is 17.0 Å². The number of hydrogen-bond donors (Lipinski definition) is 0. The van der Waals surface area contributed by atoms with Crippen molar-refractivity contribution in [2.24, 2.45) is 0 Å². The minimum Gasteiger partial charge on any atom is -0.431 e. The second kappa shape index (κ2) is 6.52. The molecule has 0 N–H and O–H groups in total. The Morgan fingerprint density at radius 1 is 1.08 bits per heavy atom. The van der Waals surface area contributed by atoms with Crippen LogP contribution in [0.5, 0.6) is 5.75 Å². The van der Waals surface area contributed by atoms with Crippen molar-refractivity contribution in [1.29, 1.82) is 0 Å². The fraction of sp³-hybridized carbons (Fsp3) is 0.312. The Morgan fingerprint density at radius 3 is 2.38 bits per heavy atom. The highest BCUT2D eigenvalue weighted by Gasteiger charge is 2.32. The van der Waals surface area contributed by atoms with Crippen molar-refractivity contribution in [3.63, 3.8) is 0 Å². The van der Waals surface area contributed by atoms with Crippen molar-refractivity contribution in [2.45, 2.75) is 19.0 Å². The van der Waals surface area contributed by atoms with Crippen LogP contribution in [0.3, 0.4) is 0 Å². The Labute approximate surface area is 145 Å². The summed E-state index contributed by atoms with van der Waals surface area (Å²) in [5, 5.41) is 7.13. The van der Waals surface area contributed by atoms with Gasteiger partial charge in [-0.25, -0.2) is 0 Å². The molecule has 0 bridgehead atoms. The molecule has 26 heavy (non-hydrogen) atoms. The summed E-state index contributed by atoms with van der Waals surface area (Å²) in [6, 6.07) is 5.62. The van der Waals surface area contributed by atoms with Gasteiger partial charge in [0.25, 0.3) is 0 Å². The lowest BCUT2D eigenvalue weighted by Gasteiger charge is -2.17. The first-order chi connectivity index (χ1) is 12.2. The Bertz CT molecular complexity index is 907. The summed E-state index contributed by atoms with van der Waals surface area (Å²) in [6.45, 7) is -0.162. The van der Waals surface area contributed by atoms with Gasteiger partial charge in [0.05, 0.1) is 11.9 Å². The molecule has 0 aliphatic rings. The molecular weight excluding hydrogens is 356 g/mol. The summed E-state index contributed by atoms with van der Waals surface area (Å²) in [5.74, 6) is -3.76. The van der Waals surface area contributed by atoms with E-state index in [0.717, 1.165) is 18.4 Å². The molecule has 0 fully saturated rings. The molecule has 0 radical (unpaired) electrons. The van der Waals surface area contributed by atoms with Crippen molar-refractivity contribution in [3.05, 3.63) is 42.5 Å². The predicted octanol–water partition coefficient (Wildman–Crippen LogP) is 3.52. The molecule has 3 rings (SSSR count). The molecule has 10 heteroatoms. The number of nitrogens with zero attached hydrogens (tertiary/aromatic N) is 4. The summed E-state index contributed by atoms with van der Waals surface area (Å²) in [7, 11) is 1.14. The van der Waals surface area contributed by atoms with E-state index in [2.05, 4.69) is 24.7 Å². The number of aromatic nitrogens is 4. The summed E-state index contributed by atoms with van der Waals surface area (Å²) < 4.78 is 64.0. The van der Waals surface area contributed by atoms with Gasteiger partial charge in [0, 0.05) is 25.8 Å². The van der Waals surface area contributed by atoms with Gasteiger partial charge in [-0.05, 0) is 24.3 Å². The molecule has 0 atom stereocenters. The van der Waals surface area contributed by atoms with Crippen LogP contribution in [-0.2, 0) is 10.7 Å². The van der Waals surface area contributed by atoms with Gasteiger partial charge >= 0.3 is 12.0 Å². The molecule has 138 valence electrons. The molecule has 0 saturated carbocycles. The van der Waals surface area contributed by atoms with Crippen LogP contribution >= 0.6 is 0 Å². The highest BCUT2D eigenvalue weighted by Crippen LogP contribution is 2.28. The minimum atomic E-state index is -3.46. The Hall–Kier alpha value is -2.75. The van der Waals surface area contributed by atoms with Crippen molar-refractivity contribution < 1.29 is 27.0 Å². The van der Waals surface area contributed by atoms with Gasteiger partial charge in [0.2, 0.25) is 5.82 Å². The normalized spacial score (nSPS) is 12.5. The maximum absolute atomic E-state index is 13.6. The number of rotatable bonds is 6. The van der Waals surface area contributed by atoms with Gasteiger partial charge in [0.1, 0.15) is 12.4 Å². The molecule has 2 aromatic heterocycles. The number of halogens is 4. The molecule has 0 amide bonds. The van der Waals surface area contributed by atoms with Gasteiger partial charge < -0.3 is 9.47 Å². The van der Waals surface area contributed by atoms with Crippen molar-refractivity contribution >= 4 is 5.65 Å². The monoisotopic (exact) mass is 370 g/mol. The molecule has 6 nitrogen and oxygen atoms in total. The Morgan fingerprint density at radius 2 is 1.77 bits per heavy atom. The molecule has 0 saturated heterocycles. The fourth-order valence-electron chi connectivity index (χ4n) is 2.31. The zero-order valence-corrected chi connectivity index (χ0v) is 13.8. The van der Waals surface area contributed by atoms with Crippen molar-refractivity contribution in [1.82, 2.24) is 19.6 Å². The third-order valence-electron chi connectivity index (χ3n) is 3.41. The molecule has 0 spiro atoms. The molecule has 1 aromatic carbocycles. The standard InChI is InChI=1S/C16H14F4N4O2/c1-15(17,18)14-23-22-13-7-21-12(8-24(13)14)10-3-5-11(6-4-10)26-16(19,20)9-25-2/h3-8H,9H2,1-2H3. The lowest BCUT2D eigenvalue weighted by molar-refractivity contribution is -0.206. The number of fused-ring (bicyclic) bond motifs is 1. The second-order valence-corrected chi connectivity index (χ2v) is 5.61. The van der Waals surface area contributed by atoms with Gasteiger partial charge in [-0.3, -0.25) is 9.38 Å². The van der Waals surface area contributed by atoms with E-state index in [1.807, 2.05) is 0 Å². The Kier molecular flexibility index (Phi) is 4.53. The third-order valence-corrected chi connectivity index (χ3v) is 3.41. The fourth-order valence-corrected chi connectivity index (χ4v) is 2.31. The van der Waals surface area contributed by atoms with Crippen LogP contribution < -0.4 is 4.74 Å². The number of benzene rings is 1. The van der Waals surface area contributed by atoms with E-state index in [0.29, 0.717) is 11.3 Å². The van der Waals surface area contributed by atoms with E-state index in [1.165, 1.54) is 36.7 Å². The second-order valence-electron chi connectivity index (χ2n) is 5.61. The third kappa shape index (κ3) is 3.74. The van der Waals surface area contributed by atoms with Gasteiger partial charge in [-0.15, -0.1) is 10.2 Å². The van der Waals surface area contributed by atoms with Crippen LogP contribution in [0.1, 0.15) is 12.7 Å². The van der Waals surface area contributed by atoms with Gasteiger partial charge in [0.15, 0.2) is 5.65 Å². The lowest BCUT2D eigenvalue weighted by Crippen LogP contribution is -2.30. The molecule has 0 aliphatic carbocycles. The zero-order valence-electron chi connectivity index (χ0n) is 13.8. The number of alkyl halides is 4. The molecular formula is C16H14F4N4O2. The summed E-state index contributed by atoms with van der Waals surface area (Å²) in [6.07, 6.45) is -0.802. The van der Waals surface area contributed by atoms with Crippen LogP contribution in [0.15, 0.2) is 36.7 Å². The first-order valence-electron chi connectivity index (χ1n) is 7.45. The summed E-state index contributed by atoms with van der Waals surface area (Å²) in [5.41, 5.74) is 1.04. The van der Waals surface area contributed by atoms with Crippen molar-refractivity contribution in [2.75, 3.05) is 13.7 Å². The van der Waals surface area contributed by atoms with E-state index in [4.69, 9.17) is 0 Å². The van der Waals surface area contributed by atoms with Crippen LogP contribution in [-0.4, -0.2) is 39.4 Å². The SMILES string of the molecule is COCC(F)(F)Oc1ccc(-c2cn3c(C(C)(F)F)nnc3cn2)cc1. The highest BCUT2D eigenvalue weighted by atomic mass is 19.3. The average Bonchev–Trinajstić information content (AvgIpc) is 2.98. The van der Waals surface area contributed by atoms with Crippen LogP contribution in [0.2, 0.25) is 0 Å². The summed E-state index contributed by atoms with van der Waals surface area (Å²) in [4.78, 5) is 4.13. The smallest absolute Gasteiger partial charge is 0.421 e. The van der Waals surface area contributed by atoms with E-state index in [1.54, 1.807) is 0 Å². The molecule has 2 heterocycles. The molecule has 0 unspecified atom stereocenters. The zero-order chi connectivity index (χ0) is 18.9. The molecule has 3 aromatic rings. The average molecular weight is 370 g/mol. The van der Waals surface area contributed by atoms with Gasteiger partial charge in [-0.2, -0.15) is 17.6 Å². The number of methoxy groups -OCH3 is 1. The predicted molar refractivity (Wildman–Crippen MR) is 83.2 cm³/mol. The maximum Gasteiger partial charge on any atom is 0.421 e. The minimum absolute atomic E-state index is 0.0676.